The molecule has 0 aromatic heterocycles. The Morgan fingerprint density at radius 1 is 1.53 bits per heavy atom. The Hall–Kier alpha value is -1.43. The molecule has 1 rings (SSSR count). The van der Waals surface area contributed by atoms with Crippen molar-refractivity contribution in [2.45, 2.75) is 13.3 Å². The molecule has 0 bridgehead atoms. The third-order valence-corrected chi connectivity index (χ3v) is 3.45. The number of anilines is 2. The summed E-state index contributed by atoms with van der Waals surface area (Å²) in [6.07, 6.45) is 0.767. The minimum atomic E-state index is -1.15. The average Bonchev–Trinajstić information content (AvgIpc) is 2.23. The van der Waals surface area contributed by atoms with Gasteiger partial charge in [-0.1, -0.05) is 6.92 Å². The van der Waals surface area contributed by atoms with Crippen molar-refractivity contribution in [1.82, 2.24) is 0 Å². The van der Waals surface area contributed by atoms with E-state index in [0.29, 0.717) is 11.4 Å². The van der Waals surface area contributed by atoms with Gasteiger partial charge in [0.15, 0.2) is 0 Å². The van der Waals surface area contributed by atoms with Crippen LogP contribution in [0.4, 0.5) is 15.8 Å². The van der Waals surface area contributed by atoms with Gasteiger partial charge in [-0.3, -0.25) is 9.00 Å². The van der Waals surface area contributed by atoms with Gasteiger partial charge in [0, 0.05) is 22.2 Å². The lowest BCUT2D eigenvalue weighted by atomic mass is 10.2. The van der Waals surface area contributed by atoms with Crippen LogP contribution in [-0.4, -0.2) is 21.6 Å². The largest absolute Gasteiger partial charge is 0.396 e. The Bertz CT molecular complexity index is 437. The summed E-state index contributed by atoms with van der Waals surface area (Å²) in [4.78, 5) is 11.5. The van der Waals surface area contributed by atoms with Crippen LogP contribution in [0.3, 0.4) is 0 Å². The maximum absolute atomic E-state index is 12.9. The van der Waals surface area contributed by atoms with Gasteiger partial charge in [-0.15, -0.1) is 0 Å². The topological polar surface area (TPSA) is 72.2 Å². The number of hydrogen-bond donors (Lipinski definition) is 2. The number of carbonyl (C=O) groups excluding carboxylic acids is 1. The summed E-state index contributed by atoms with van der Waals surface area (Å²) < 4.78 is 24.2. The molecule has 17 heavy (non-hydrogen) atoms. The Kier molecular flexibility index (Phi) is 5.09. The van der Waals surface area contributed by atoms with Gasteiger partial charge < -0.3 is 11.1 Å². The minimum Gasteiger partial charge on any atom is -0.396 e. The van der Waals surface area contributed by atoms with Gasteiger partial charge in [-0.25, -0.2) is 4.39 Å². The fourth-order valence-electron chi connectivity index (χ4n) is 1.26. The summed E-state index contributed by atoms with van der Waals surface area (Å²) in [7, 11) is -1.15. The maximum atomic E-state index is 12.9. The molecule has 1 amide bonds. The molecule has 1 aromatic rings. The molecule has 0 heterocycles. The predicted octanol–water partition coefficient (Wildman–Crippen LogP) is 1.51. The molecule has 0 saturated heterocycles. The Labute approximate surface area is 102 Å². The molecule has 0 spiro atoms. The first-order valence-electron chi connectivity index (χ1n) is 5.22. The quantitative estimate of drug-likeness (QED) is 0.786. The molecule has 1 unspecified atom stereocenters. The molecular weight excluding hydrogens is 243 g/mol. The van der Waals surface area contributed by atoms with Gasteiger partial charge in [-0.05, 0) is 24.6 Å². The van der Waals surface area contributed by atoms with Crippen LogP contribution in [0.25, 0.3) is 0 Å². The van der Waals surface area contributed by atoms with Gasteiger partial charge in [-0.2, -0.15) is 0 Å². The van der Waals surface area contributed by atoms with Crippen molar-refractivity contribution in [3.05, 3.63) is 24.0 Å². The van der Waals surface area contributed by atoms with Crippen molar-refractivity contribution in [3.8, 4) is 0 Å². The normalized spacial score (nSPS) is 12.1. The second-order valence-corrected chi connectivity index (χ2v) is 5.15. The van der Waals surface area contributed by atoms with Gasteiger partial charge >= 0.3 is 0 Å². The first kappa shape index (κ1) is 13.6. The van der Waals surface area contributed by atoms with Gasteiger partial charge in [0.1, 0.15) is 11.6 Å². The van der Waals surface area contributed by atoms with Gasteiger partial charge in [0.25, 0.3) is 0 Å². The van der Waals surface area contributed by atoms with Crippen molar-refractivity contribution in [2.75, 3.05) is 22.6 Å². The van der Waals surface area contributed by atoms with E-state index < -0.39 is 16.6 Å². The van der Waals surface area contributed by atoms with Gasteiger partial charge in [0.2, 0.25) is 5.91 Å². The summed E-state index contributed by atoms with van der Waals surface area (Å²) in [5, 5.41) is 2.52. The smallest absolute Gasteiger partial charge is 0.236 e. The van der Waals surface area contributed by atoms with E-state index in [9.17, 15) is 13.4 Å². The number of hydrogen-bond acceptors (Lipinski definition) is 3. The molecule has 0 aliphatic carbocycles. The van der Waals surface area contributed by atoms with Crippen LogP contribution in [0.2, 0.25) is 0 Å². The van der Waals surface area contributed by atoms with Gasteiger partial charge in [0.05, 0.1) is 5.69 Å². The number of carbonyl (C=O) groups is 1. The van der Waals surface area contributed by atoms with E-state index >= 15 is 0 Å². The van der Waals surface area contributed by atoms with Crippen LogP contribution < -0.4 is 11.1 Å². The second-order valence-electron chi connectivity index (χ2n) is 3.57. The predicted molar refractivity (Wildman–Crippen MR) is 67.6 cm³/mol. The van der Waals surface area contributed by atoms with Crippen LogP contribution in [0.5, 0.6) is 0 Å². The molecule has 1 aromatic carbocycles. The Morgan fingerprint density at radius 2 is 2.24 bits per heavy atom. The van der Waals surface area contributed by atoms with Crippen molar-refractivity contribution in [1.29, 1.82) is 0 Å². The van der Waals surface area contributed by atoms with Crippen LogP contribution in [0, 0.1) is 5.82 Å². The third kappa shape index (κ3) is 4.52. The zero-order chi connectivity index (χ0) is 12.8. The van der Waals surface area contributed by atoms with Crippen molar-refractivity contribution in [2.24, 2.45) is 0 Å². The standard InChI is InChI=1S/C11H15FN2O2S/c1-2-5-17(16)7-11(15)14-8-3-4-9(12)10(13)6-8/h3-4,6H,2,5,7,13H2,1H3,(H,14,15). The molecule has 1 atom stereocenters. The number of halogens is 1. The summed E-state index contributed by atoms with van der Waals surface area (Å²) in [5.41, 5.74) is 5.73. The number of nitrogens with two attached hydrogens (primary N) is 1. The van der Waals surface area contributed by atoms with E-state index in [1.807, 2.05) is 6.92 Å². The molecule has 0 saturated carbocycles. The summed E-state index contributed by atoms with van der Waals surface area (Å²) in [6, 6.07) is 3.91. The lowest BCUT2D eigenvalue weighted by Gasteiger charge is -2.06. The van der Waals surface area contributed by atoms with E-state index in [1.54, 1.807) is 0 Å². The van der Waals surface area contributed by atoms with Crippen LogP contribution in [0.15, 0.2) is 18.2 Å². The lowest BCUT2D eigenvalue weighted by Crippen LogP contribution is -2.20. The monoisotopic (exact) mass is 258 g/mol. The zero-order valence-electron chi connectivity index (χ0n) is 9.53. The maximum Gasteiger partial charge on any atom is 0.236 e. The molecule has 6 heteroatoms. The highest BCUT2D eigenvalue weighted by Gasteiger charge is 2.08. The van der Waals surface area contributed by atoms with Crippen LogP contribution >= 0.6 is 0 Å². The van der Waals surface area contributed by atoms with E-state index in [-0.39, 0.29) is 17.3 Å². The fraction of sp³-hybridized carbons (Fsp3) is 0.364. The van der Waals surface area contributed by atoms with Crippen LogP contribution in [0.1, 0.15) is 13.3 Å². The lowest BCUT2D eigenvalue weighted by molar-refractivity contribution is -0.113. The number of nitrogen functional groups attached to an aromatic ring is 1. The highest BCUT2D eigenvalue weighted by atomic mass is 32.2. The highest BCUT2D eigenvalue weighted by molar-refractivity contribution is 7.85. The summed E-state index contributed by atoms with van der Waals surface area (Å²) >= 11 is 0. The molecule has 3 N–H and O–H groups in total. The number of rotatable bonds is 5. The first-order chi connectivity index (χ1) is 8.02. The average molecular weight is 258 g/mol. The Morgan fingerprint density at radius 3 is 2.82 bits per heavy atom. The summed E-state index contributed by atoms with van der Waals surface area (Å²) in [6.45, 7) is 1.90. The molecule has 94 valence electrons. The molecule has 0 aliphatic rings. The number of amides is 1. The van der Waals surface area contributed by atoms with E-state index in [4.69, 9.17) is 5.73 Å². The van der Waals surface area contributed by atoms with E-state index in [0.717, 1.165) is 6.42 Å². The Balaban J connectivity index is 2.56. The zero-order valence-corrected chi connectivity index (χ0v) is 10.3. The first-order valence-corrected chi connectivity index (χ1v) is 6.71. The van der Waals surface area contributed by atoms with Crippen molar-refractivity contribution < 1.29 is 13.4 Å². The molecule has 4 nitrogen and oxygen atoms in total. The summed E-state index contributed by atoms with van der Waals surface area (Å²) in [5.74, 6) is -0.440. The molecule has 0 radical (unpaired) electrons. The van der Waals surface area contributed by atoms with E-state index in [2.05, 4.69) is 5.32 Å². The fourth-order valence-corrected chi connectivity index (χ4v) is 2.23. The molecular formula is C11H15FN2O2S. The SMILES string of the molecule is CCCS(=O)CC(=O)Nc1ccc(F)c(N)c1. The minimum absolute atomic E-state index is 0.0301. The highest BCUT2D eigenvalue weighted by Crippen LogP contribution is 2.16. The molecule has 0 fully saturated rings. The van der Waals surface area contributed by atoms with Crippen molar-refractivity contribution >= 4 is 28.1 Å². The third-order valence-electron chi connectivity index (χ3n) is 2.00. The van der Waals surface area contributed by atoms with Crippen LogP contribution in [-0.2, 0) is 15.6 Å². The number of nitrogens with one attached hydrogen (secondary N) is 1. The second kappa shape index (κ2) is 6.34. The molecule has 0 aliphatic heterocycles. The number of benzene rings is 1. The van der Waals surface area contributed by atoms with E-state index in [1.165, 1.54) is 18.2 Å². The van der Waals surface area contributed by atoms with Crippen molar-refractivity contribution in [3.63, 3.8) is 0 Å².